The van der Waals surface area contributed by atoms with Crippen molar-refractivity contribution in [1.29, 1.82) is 0 Å². The molecule has 1 fully saturated rings. The van der Waals surface area contributed by atoms with E-state index in [9.17, 15) is 14.0 Å². The maximum atomic E-state index is 13.3. The van der Waals surface area contributed by atoms with Crippen LogP contribution in [0.15, 0.2) is 72.8 Å². The van der Waals surface area contributed by atoms with E-state index in [1.165, 1.54) is 24.3 Å². The molecule has 0 radical (unpaired) electrons. The van der Waals surface area contributed by atoms with Gasteiger partial charge < -0.3 is 15.5 Å². The maximum absolute atomic E-state index is 13.3. The largest absolute Gasteiger partial charge is 0.362 e. The molecule has 8 heteroatoms. The van der Waals surface area contributed by atoms with E-state index in [4.69, 9.17) is 9.97 Å². The summed E-state index contributed by atoms with van der Waals surface area (Å²) in [5.74, 6) is 0.473. The molecule has 1 aliphatic carbocycles. The number of rotatable bonds is 7. The zero-order valence-electron chi connectivity index (χ0n) is 21.4. The lowest BCUT2D eigenvalue weighted by atomic mass is 9.90. The van der Waals surface area contributed by atoms with E-state index >= 15 is 0 Å². The number of fused-ring (bicyclic) bond motifs is 1. The van der Waals surface area contributed by atoms with Crippen LogP contribution < -0.4 is 15.5 Å². The SMILES string of the molecule is CN(C)c1nc(NC2CCC(NC(=O)c3ccccc3C(=O)c3ccc(F)cc3)CC2)nc2ccccc12. The molecule has 194 valence electrons. The molecule has 4 aromatic rings. The van der Waals surface area contributed by atoms with Gasteiger partial charge in [0.15, 0.2) is 5.78 Å². The summed E-state index contributed by atoms with van der Waals surface area (Å²) in [6, 6.07) is 20.3. The summed E-state index contributed by atoms with van der Waals surface area (Å²) in [7, 11) is 3.94. The molecule has 1 heterocycles. The predicted octanol–water partition coefficient (Wildman–Crippen LogP) is 5.22. The van der Waals surface area contributed by atoms with Crippen LogP contribution in [-0.4, -0.2) is 47.8 Å². The monoisotopic (exact) mass is 511 g/mol. The van der Waals surface area contributed by atoms with E-state index in [0.717, 1.165) is 42.4 Å². The molecule has 1 aromatic heterocycles. The minimum atomic E-state index is -0.414. The molecular formula is C30H30FN5O2. The molecule has 1 amide bonds. The summed E-state index contributed by atoms with van der Waals surface area (Å²) >= 11 is 0. The summed E-state index contributed by atoms with van der Waals surface area (Å²) in [5.41, 5.74) is 1.86. The zero-order valence-corrected chi connectivity index (χ0v) is 21.4. The van der Waals surface area contributed by atoms with Crippen molar-refractivity contribution in [2.24, 2.45) is 0 Å². The minimum Gasteiger partial charge on any atom is -0.362 e. The molecule has 1 aliphatic rings. The smallest absolute Gasteiger partial charge is 0.252 e. The van der Waals surface area contributed by atoms with Crippen LogP contribution in [0.2, 0.25) is 0 Å². The van der Waals surface area contributed by atoms with Crippen LogP contribution in [0.1, 0.15) is 52.0 Å². The van der Waals surface area contributed by atoms with Gasteiger partial charge in [-0.05, 0) is 68.1 Å². The second kappa shape index (κ2) is 11.0. The summed E-state index contributed by atoms with van der Waals surface area (Å²) in [6.45, 7) is 0. The van der Waals surface area contributed by atoms with Crippen LogP contribution in [0.25, 0.3) is 10.9 Å². The number of benzene rings is 3. The van der Waals surface area contributed by atoms with E-state index in [2.05, 4.69) is 10.6 Å². The summed E-state index contributed by atoms with van der Waals surface area (Å²) in [6.07, 6.45) is 3.31. The molecule has 7 nitrogen and oxygen atoms in total. The Hall–Kier alpha value is -4.33. The highest BCUT2D eigenvalue weighted by atomic mass is 19.1. The number of anilines is 2. The van der Waals surface area contributed by atoms with Crippen LogP contribution in [0.4, 0.5) is 16.2 Å². The third kappa shape index (κ3) is 5.49. The number of halogens is 1. The number of nitrogens with zero attached hydrogens (tertiary/aromatic N) is 3. The number of amides is 1. The molecule has 3 aromatic carbocycles. The summed E-state index contributed by atoms with van der Waals surface area (Å²) < 4.78 is 13.3. The van der Waals surface area contributed by atoms with Gasteiger partial charge in [-0.1, -0.05) is 30.3 Å². The fraction of sp³-hybridized carbons (Fsp3) is 0.267. The third-order valence-corrected chi connectivity index (χ3v) is 6.93. The van der Waals surface area contributed by atoms with Gasteiger partial charge in [0.05, 0.1) is 11.1 Å². The zero-order chi connectivity index (χ0) is 26.6. The quantitative estimate of drug-likeness (QED) is 0.331. The van der Waals surface area contributed by atoms with E-state index in [0.29, 0.717) is 22.6 Å². The number of carbonyl (C=O) groups excluding carboxylic acids is 2. The van der Waals surface area contributed by atoms with Crippen LogP contribution >= 0.6 is 0 Å². The highest BCUT2D eigenvalue weighted by molar-refractivity contribution is 6.15. The Kier molecular flexibility index (Phi) is 7.31. The van der Waals surface area contributed by atoms with Gasteiger partial charge in [-0.25, -0.2) is 9.37 Å². The van der Waals surface area contributed by atoms with Crippen molar-refractivity contribution >= 4 is 34.4 Å². The second-order valence-corrected chi connectivity index (χ2v) is 9.83. The molecule has 38 heavy (non-hydrogen) atoms. The Morgan fingerprint density at radius 3 is 2.16 bits per heavy atom. The molecule has 5 rings (SSSR count). The predicted molar refractivity (Wildman–Crippen MR) is 147 cm³/mol. The topological polar surface area (TPSA) is 87.2 Å². The molecule has 0 spiro atoms. The number of para-hydroxylation sites is 1. The van der Waals surface area contributed by atoms with Crippen LogP contribution in [0.5, 0.6) is 0 Å². The van der Waals surface area contributed by atoms with E-state index < -0.39 is 5.82 Å². The standard InChI is InChI=1S/C30H30FN5O2/c1-36(2)28-25-9-5-6-10-26(25)34-30(35-28)33-22-17-15-21(16-18-22)32-29(38)24-8-4-3-7-23(24)27(37)19-11-13-20(31)14-12-19/h3-14,21-22H,15-18H2,1-2H3,(H,32,38)(H,33,34,35). The number of hydrogen-bond acceptors (Lipinski definition) is 6. The molecule has 0 atom stereocenters. The first-order valence-electron chi connectivity index (χ1n) is 12.8. The van der Waals surface area contributed by atoms with Crippen molar-refractivity contribution in [2.45, 2.75) is 37.8 Å². The molecule has 2 N–H and O–H groups in total. The average molecular weight is 512 g/mol. The molecule has 0 unspecified atom stereocenters. The van der Waals surface area contributed by atoms with Crippen molar-refractivity contribution in [3.63, 3.8) is 0 Å². The third-order valence-electron chi connectivity index (χ3n) is 6.93. The van der Waals surface area contributed by atoms with Crippen LogP contribution in [0.3, 0.4) is 0 Å². The van der Waals surface area contributed by atoms with Crippen molar-refractivity contribution < 1.29 is 14.0 Å². The minimum absolute atomic E-state index is 0.00406. The van der Waals surface area contributed by atoms with Gasteiger partial charge in [-0.3, -0.25) is 9.59 Å². The first-order chi connectivity index (χ1) is 18.4. The number of ketones is 1. The Morgan fingerprint density at radius 2 is 1.45 bits per heavy atom. The average Bonchev–Trinajstić information content (AvgIpc) is 2.93. The number of aromatic nitrogens is 2. The summed E-state index contributed by atoms with van der Waals surface area (Å²) in [5, 5.41) is 7.60. The van der Waals surface area contributed by atoms with Gasteiger partial charge in [0.2, 0.25) is 5.95 Å². The van der Waals surface area contributed by atoms with Gasteiger partial charge in [0.1, 0.15) is 11.6 Å². The number of nitrogens with one attached hydrogen (secondary N) is 2. The lowest BCUT2D eigenvalue weighted by Gasteiger charge is -2.30. The number of carbonyl (C=O) groups is 2. The van der Waals surface area contributed by atoms with Crippen molar-refractivity contribution in [3.05, 3.63) is 95.3 Å². The highest BCUT2D eigenvalue weighted by Crippen LogP contribution is 2.27. The van der Waals surface area contributed by atoms with Gasteiger partial charge in [0.25, 0.3) is 5.91 Å². The van der Waals surface area contributed by atoms with Crippen molar-refractivity contribution in [2.75, 3.05) is 24.3 Å². The maximum Gasteiger partial charge on any atom is 0.252 e. The summed E-state index contributed by atoms with van der Waals surface area (Å²) in [4.78, 5) is 37.6. The van der Waals surface area contributed by atoms with Gasteiger partial charge >= 0.3 is 0 Å². The first kappa shape index (κ1) is 25.3. The van der Waals surface area contributed by atoms with Gasteiger partial charge in [-0.15, -0.1) is 0 Å². The Balaban J connectivity index is 1.22. The van der Waals surface area contributed by atoms with Crippen molar-refractivity contribution in [1.82, 2.24) is 15.3 Å². The van der Waals surface area contributed by atoms with E-state index in [-0.39, 0.29) is 23.8 Å². The molecule has 0 saturated heterocycles. The lowest BCUT2D eigenvalue weighted by molar-refractivity contribution is 0.0917. The fourth-order valence-corrected chi connectivity index (χ4v) is 4.93. The van der Waals surface area contributed by atoms with E-state index in [1.807, 2.05) is 43.3 Å². The second-order valence-electron chi connectivity index (χ2n) is 9.83. The molecule has 0 bridgehead atoms. The van der Waals surface area contributed by atoms with Crippen molar-refractivity contribution in [3.8, 4) is 0 Å². The molecular weight excluding hydrogens is 481 g/mol. The normalized spacial score (nSPS) is 17.1. The van der Waals surface area contributed by atoms with Gasteiger partial charge in [0, 0.05) is 42.7 Å². The van der Waals surface area contributed by atoms with E-state index in [1.54, 1.807) is 24.3 Å². The Labute approximate surface area is 221 Å². The highest BCUT2D eigenvalue weighted by Gasteiger charge is 2.25. The Bertz CT molecular complexity index is 1460. The van der Waals surface area contributed by atoms with Crippen LogP contribution in [0, 0.1) is 5.82 Å². The fourth-order valence-electron chi connectivity index (χ4n) is 4.93. The lowest BCUT2D eigenvalue weighted by Crippen LogP contribution is -2.40. The first-order valence-corrected chi connectivity index (χ1v) is 12.8. The molecule has 1 saturated carbocycles. The van der Waals surface area contributed by atoms with Crippen LogP contribution in [-0.2, 0) is 0 Å². The Morgan fingerprint density at radius 1 is 0.816 bits per heavy atom. The molecule has 0 aliphatic heterocycles. The van der Waals surface area contributed by atoms with Gasteiger partial charge in [-0.2, -0.15) is 4.98 Å². The number of hydrogen-bond donors (Lipinski definition) is 2.